The van der Waals surface area contributed by atoms with Crippen molar-refractivity contribution in [3.63, 3.8) is 0 Å². The molecule has 4 rings (SSSR count). The molecule has 6 nitrogen and oxygen atoms in total. The van der Waals surface area contributed by atoms with E-state index in [1.807, 2.05) is 6.07 Å². The summed E-state index contributed by atoms with van der Waals surface area (Å²) < 4.78 is 20.1. The molecular formula is C27H38FN3O3S. The Hall–Kier alpha value is -1.90. The zero-order valence-corrected chi connectivity index (χ0v) is 21.4. The number of likely N-dealkylation sites (tertiary alicyclic amines) is 1. The quantitative estimate of drug-likeness (QED) is 0.433. The Morgan fingerprint density at radius 1 is 1.31 bits per heavy atom. The van der Waals surface area contributed by atoms with Crippen LogP contribution in [-0.2, 0) is 4.79 Å². The second kappa shape index (κ2) is 12.4. The maximum absolute atomic E-state index is 14.8. The largest absolute Gasteiger partial charge is 0.497 e. The first-order valence-electron chi connectivity index (χ1n) is 12.9. The van der Waals surface area contributed by atoms with Crippen molar-refractivity contribution in [2.75, 3.05) is 32.5 Å². The molecule has 2 aliphatic rings. The van der Waals surface area contributed by atoms with Gasteiger partial charge in [-0.3, -0.25) is 9.78 Å². The molecule has 0 radical (unpaired) electrons. The van der Waals surface area contributed by atoms with Crippen molar-refractivity contribution in [1.29, 1.82) is 0 Å². The van der Waals surface area contributed by atoms with Gasteiger partial charge >= 0.3 is 5.97 Å². The van der Waals surface area contributed by atoms with Crippen molar-refractivity contribution in [2.45, 2.75) is 62.7 Å². The summed E-state index contributed by atoms with van der Waals surface area (Å²) in [4.78, 5) is 18.2. The van der Waals surface area contributed by atoms with Crippen LogP contribution >= 0.6 is 11.8 Å². The molecule has 192 valence electrons. The molecule has 3 atom stereocenters. The number of thioether (sulfide) groups is 1. The molecule has 1 aliphatic carbocycles. The van der Waals surface area contributed by atoms with Gasteiger partial charge in [0.25, 0.3) is 0 Å². The Balaban J connectivity index is 1.37. The normalized spacial score (nSPS) is 22.5. The second-order valence-electron chi connectivity index (χ2n) is 10.1. The fraction of sp³-hybridized carbons (Fsp3) is 0.630. The van der Waals surface area contributed by atoms with E-state index in [1.54, 1.807) is 19.2 Å². The minimum atomic E-state index is -0.746. The van der Waals surface area contributed by atoms with Gasteiger partial charge in [0.2, 0.25) is 0 Å². The zero-order valence-electron chi connectivity index (χ0n) is 20.6. The van der Waals surface area contributed by atoms with E-state index in [1.165, 1.54) is 31.9 Å². The third kappa shape index (κ3) is 6.86. The first-order valence-corrected chi connectivity index (χ1v) is 13.9. The molecule has 3 unspecified atom stereocenters. The summed E-state index contributed by atoms with van der Waals surface area (Å²) in [5.41, 5.74) is 7.68. The number of methoxy groups -OCH3 is 1. The Kier molecular flexibility index (Phi) is 9.25. The van der Waals surface area contributed by atoms with E-state index >= 15 is 0 Å². The number of carbonyl (C=O) groups is 1. The highest BCUT2D eigenvalue weighted by Gasteiger charge is 2.31. The highest BCUT2D eigenvalue weighted by atomic mass is 32.2. The van der Waals surface area contributed by atoms with Gasteiger partial charge in [-0.1, -0.05) is 12.8 Å². The van der Waals surface area contributed by atoms with E-state index in [9.17, 15) is 14.3 Å². The summed E-state index contributed by atoms with van der Waals surface area (Å²) in [5, 5.41) is 11.0. The Labute approximate surface area is 211 Å². The maximum Gasteiger partial charge on any atom is 0.303 e. The SMILES string of the molecule is COc1ccc2ncc(F)c(C(N)CCC3CCN(CCSC4CCCC4)CC3CC(=O)O)c2c1. The van der Waals surface area contributed by atoms with E-state index in [-0.39, 0.29) is 18.3 Å². The number of carboxylic acids is 1. The molecule has 0 bridgehead atoms. The predicted octanol–water partition coefficient (Wildman–Crippen LogP) is 5.25. The number of ether oxygens (including phenoxy) is 1. The number of benzene rings is 1. The van der Waals surface area contributed by atoms with E-state index in [0.717, 1.165) is 43.5 Å². The van der Waals surface area contributed by atoms with Gasteiger partial charge in [0, 0.05) is 47.5 Å². The van der Waals surface area contributed by atoms with Crippen LogP contribution < -0.4 is 10.5 Å². The van der Waals surface area contributed by atoms with Gasteiger partial charge in [0.1, 0.15) is 11.6 Å². The minimum absolute atomic E-state index is 0.101. The number of piperidine rings is 1. The van der Waals surface area contributed by atoms with Crippen LogP contribution in [0.15, 0.2) is 24.4 Å². The first kappa shape index (κ1) is 26.2. The lowest BCUT2D eigenvalue weighted by atomic mass is 9.79. The van der Waals surface area contributed by atoms with Gasteiger partial charge < -0.3 is 20.5 Å². The fourth-order valence-electron chi connectivity index (χ4n) is 5.81. The second-order valence-corrected chi connectivity index (χ2v) is 11.5. The molecule has 2 heterocycles. The van der Waals surface area contributed by atoms with Crippen LogP contribution in [0, 0.1) is 17.7 Å². The minimum Gasteiger partial charge on any atom is -0.497 e. The number of aromatic nitrogens is 1. The molecular weight excluding hydrogens is 465 g/mol. The van der Waals surface area contributed by atoms with Crippen molar-refractivity contribution < 1.29 is 19.0 Å². The number of carboxylic acid groups (broad SMARTS) is 1. The van der Waals surface area contributed by atoms with Gasteiger partial charge in [-0.15, -0.1) is 0 Å². The lowest BCUT2D eigenvalue weighted by Crippen LogP contribution is -2.42. The Bertz CT molecular complexity index is 1000. The maximum atomic E-state index is 14.8. The summed E-state index contributed by atoms with van der Waals surface area (Å²) in [6.07, 6.45) is 9.17. The summed E-state index contributed by atoms with van der Waals surface area (Å²) in [6, 6.07) is 4.92. The molecule has 1 aliphatic heterocycles. The molecule has 0 spiro atoms. The number of hydrogen-bond donors (Lipinski definition) is 2. The van der Waals surface area contributed by atoms with E-state index in [2.05, 4.69) is 21.6 Å². The molecule has 1 aromatic carbocycles. The number of aliphatic carboxylic acids is 1. The number of halogens is 1. The van der Waals surface area contributed by atoms with Crippen LogP contribution in [0.5, 0.6) is 5.75 Å². The van der Waals surface area contributed by atoms with Crippen molar-refractivity contribution in [3.05, 3.63) is 35.8 Å². The predicted molar refractivity (Wildman–Crippen MR) is 139 cm³/mol. The Morgan fingerprint density at radius 3 is 2.86 bits per heavy atom. The zero-order chi connectivity index (χ0) is 24.8. The van der Waals surface area contributed by atoms with Crippen LogP contribution in [0.2, 0.25) is 0 Å². The van der Waals surface area contributed by atoms with Crippen molar-refractivity contribution in [2.24, 2.45) is 17.6 Å². The van der Waals surface area contributed by atoms with Crippen molar-refractivity contribution >= 4 is 28.6 Å². The highest BCUT2D eigenvalue weighted by molar-refractivity contribution is 7.99. The fourth-order valence-corrected chi connectivity index (χ4v) is 7.17. The molecule has 1 saturated carbocycles. The number of pyridine rings is 1. The van der Waals surface area contributed by atoms with Crippen LogP contribution in [0.4, 0.5) is 4.39 Å². The monoisotopic (exact) mass is 503 g/mol. The molecule has 3 N–H and O–H groups in total. The molecule has 1 saturated heterocycles. The highest BCUT2D eigenvalue weighted by Crippen LogP contribution is 2.35. The molecule has 2 aromatic rings. The van der Waals surface area contributed by atoms with Gasteiger partial charge in [0.15, 0.2) is 0 Å². The van der Waals surface area contributed by atoms with E-state index < -0.39 is 17.8 Å². The number of fused-ring (bicyclic) bond motifs is 1. The van der Waals surface area contributed by atoms with Gasteiger partial charge in [-0.2, -0.15) is 11.8 Å². The number of nitrogens with two attached hydrogens (primary N) is 1. The summed E-state index contributed by atoms with van der Waals surface area (Å²) in [6.45, 7) is 2.84. The average Bonchev–Trinajstić information content (AvgIpc) is 3.36. The summed E-state index contributed by atoms with van der Waals surface area (Å²) in [5.74, 6) is 0.987. The average molecular weight is 504 g/mol. The van der Waals surface area contributed by atoms with Crippen molar-refractivity contribution in [1.82, 2.24) is 9.88 Å². The van der Waals surface area contributed by atoms with Crippen molar-refractivity contribution in [3.8, 4) is 5.75 Å². The van der Waals surface area contributed by atoms with Crippen LogP contribution in [0.3, 0.4) is 0 Å². The van der Waals surface area contributed by atoms with Gasteiger partial charge in [-0.25, -0.2) is 4.39 Å². The smallest absolute Gasteiger partial charge is 0.303 e. The third-order valence-corrected chi connectivity index (χ3v) is 9.12. The molecule has 0 amide bonds. The van der Waals surface area contributed by atoms with E-state index in [4.69, 9.17) is 10.5 Å². The summed E-state index contributed by atoms with van der Waals surface area (Å²) in [7, 11) is 1.58. The Morgan fingerprint density at radius 2 is 2.11 bits per heavy atom. The third-order valence-electron chi connectivity index (χ3n) is 7.76. The first-order chi connectivity index (χ1) is 16.9. The van der Waals surface area contributed by atoms with Crippen LogP contribution in [-0.4, -0.2) is 58.7 Å². The topological polar surface area (TPSA) is 88.7 Å². The molecule has 8 heteroatoms. The molecule has 2 fully saturated rings. The lowest BCUT2D eigenvalue weighted by Gasteiger charge is -2.38. The van der Waals surface area contributed by atoms with Crippen LogP contribution in [0.1, 0.15) is 63.0 Å². The lowest BCUT2D eigenvalue weighted by molar-refractivity contribution is -0.139. The van der Waals surface area contributed by atoms with Crippen LogP contribution in [0.25, 0.3) is 10.9 Å². The molecule has 1 aromatic heterocycles. The molecule has 35 heavy (non-hydrogen) atoms. The van der Waals surface area contributed by atoms with Gasteiger partial charge in [-0.05, 0) is 68.7 Å². The van der Waals surface area contributed by atoms with E-state index in [0.29, 0.717) is 28.6 Å². The number of hydrogen-bond acceptors (Lipinski definition) is 6. The number of nitrogens with zero attached hydrogens (tertiary/aromatic N) is 2. The standard InChI is InChI=1S/C27H38FN3O3S/c1-34-20-7-9-25-22(15-20)27(23(28)16-30-25)24(29)8-6-18-10-11-31(17-19(18)14-26(32)33)12-13-35-21-4-2-3-5-21/h7,9,15-16,18-19,21,24H,2-6,8,10-14,17,29H2,1H3,(H,32,33). The number of rotatable bonds is 11. The van der Waals surface area contributed by atoms with Gasteiger partial charge in [0.05, 0.1) is 18.8 Å². The summed E-state index contributed by atoms with van der Waals surface area (Å²) >= 11 is 2.09.